The molecule has 37 heavy (non-hydrogen) atoms. The van der Waals surface area contributed by atoms with Crippen LogP contribution in [0.25, 0.3) is 0 Å². The van der Waals surface area contributed by atoms with Crippen molar-refractivity contribution in [1.82, 2.24) is 14.5 Å². The lowest BCUT2D eigenvalue weighted by Crippen LogP contribution is -2.30. The van der Waals surface area contributed by atoms with Crippen molar-refractivity contribution in [1.29, 1.82) is 0 Å². The van der Waals surface area contributed by atoms with Gasteiger partial charge in [0.1, 0.15) is 0 Å². The maximum absolute atomic E-state index is 13.1. The summed E-state index contributed by atoms with van der Waals surface area (Å²) in [7, 11) is -3.72. The van der Waals surface area contributed by atoms with E-state index >= 15 is 0 Å². The lowest BCUT2D eigenvalue weighted by molar-refractivity contribution is 0.102. The van der Waals surface area contributed by atoms with Gasteiger partial charge in [0.25, 0.3) is 5.91 Å². The van der Waals surface area contributed by atoms with Crippen LogP contribution < -0.4 is 5.32 Å². The number of carbonyl (C=O) groups is 1. The molecule has 1 amide bonds. The van der Waals surface area contributed by atoms with Crippen molar-refractivity contribution in [3.8, 4) is 0 Å². The molecule has 3 aromatic carbocycles. The third-order valence-corrected chi connectivity index (χ3v) is 8.41. The Morgan fingerprint density at radius 2 is 1.62 bits per heavy atom. The minimum absolute atomic E-state index is 0.0186. The molecule has 0 saturated carbocycles. The highest BCUT2D eigenvalue weighted by Crippen LogP contribution is 2.21. The number of anilines is 1. The molecular formula is C27H28N4O4S2. The van der Waals surface area contributed by atoms with E-state index in [9.17, 15) is 13.2 Å². The van der Waals surface area contributed by atoms with Gasteiger partial charge in [-0.05, 0) is 53.3 Å². The highest BCUT2D eigenvalue weighted by molar-refractivity contribution is 7.99. The molecule has 0 aliphatic heterocycles. The van der Waals surface area contributed by atoms with Crippen LogP contribution in [0.15, 0.2) is 93.1 Å². The van der Waals surface area contributed by atoms with Gasteiger partial charge < -0.3 is 4.42 Å². The van der Waals surface area contributed by atoms with E-state index in [0.717, 1.165) is 16.9 Å². The van der Waals surface area contributed by atoms with Gasteiger partial charge in [-0.3, -0.25) is 10.1 Å². The zero-order valence-corrected chi connectivity index (χ0v) is 22.3. The molecule has 1 heterocycles. The van der Waals surface area contributed by atoms with Crippen LogP contribution in [-0.2, 0) is 23.0 Å². The van der Waals surface area contributed by atoms with E-state index in [1.165, 1.54) is 33.5 Å². The molecule has 0 aliphatic rings. The normalized spacial score (nSPS) is 11.5. The van der Waals surface area contributed by atoms with Crippen molar-refractivity contribution in [2.45, 2.75) is 36.6 Å². The van der Waals surface area contributed by atoms with Crippen molar-refractivity contribution in [2.24, 2.45) is 0 Å². The average Bonchev–Trinajstić information content (AvgIpc) is 3.35. The maximum atomic E-state index is 13.1. The third kappa shape index (κ3) is 6.85. The molecule has 1 N–H and O–H groups in total. The number of amides is 1. The fourth-order valence-electron chi connectivity index (χ4n) is 3.67. The van der Waals surface area contributed by atoms with E-state index in [4.69, 9.17) is 4.42 Å². The number of sulfonamides is 1. The first-order valence-electron chi connectivity index (χ1n) is 11.9. The number of nitrogens with one attached hydrogen (secondary N) is 1. The first-order valence-corrected chi connectivity index (χ1v) is 14.3. The summed E-state index contributed by atoms with van der Waals surface area (Å²) in [4.78, 5) is 14.0. The van der Waals surface area contributed by atoms with Crippen LogP contribution in [0.2, 0.25) is 0 Å². The van der Waals surface area contributed by atoms with Gasteiger partial charge in [-0.1, -0.05) is 61.4 Å². The molecule has 0 unspecified atom stereocenters. The van der Waals surface area contributed by atoms with Crippen molar-refractivity contribution >= 4 is 33.7 Å². The molecule has 4 aromatic rings. The molecule has 0 spiro atoms. The first-order chi connectivity index (χ1) is 17.9. The van der Waals surface area contributed by atoms with Crippen molar-refractivity contribution in [2.75, 3.05) is 17.6 Å². The minimum Gasteiger partial charge on any atom is -0.407 e. The maximum Gasteiger partial charge on any atom is 0.322 e. The molecule has 10 heteroatoms. The Balaban J connectivity index is 1.38. The Labute approximate surface area is 221 Å². The van der Waals surface area contributed by atoms with E-state index in [-0.39, 0.29) is 23.0 Å². The Hall–Kier alpha value is -3.47. The second-order valence-corrected chi connectivity index (χ2v) is 11.4. The van der Waals surface area contributed by atoms with Gasteiger partial charge in [-0.15, -0.1) is 16.9 Å². The van der Waals surface area contributed by atoms with Gasteiger partial charge in [-0.2, -0.15) is 4.31 Å². The second kappa shape index (κ2) is 12.2. The predicted octanol–water partition coefficient (Wildman–Crippen LogP) is 5.24. The summed E-state index contributed by atoms with van der Waals surface area (Å²) in [6.45, 7) is 4.49. The Morgan fingerprint density at radius 1 is 0.919 bits per heavy atom. The summed E-state index contributed by atoms with van der Waals surface area (Å²) in [6, 6.07) is 23.3. The average molecular weight is 537 g/mol. The van der Waals surface area contributed by atoms with Gasteiger partial charge >= 0.3 is 6.01 Å². The molecule has 0 bridgehead atoms. The number of rotatable bonds is 11. The van der Waals surface area contributed by atoms with Crippen LogP contribution in [-0.4, -0.2) is 41.1 Å². The number of nitrogens with zero attached hydrogens (tertiary/aromatic N) is 3. The summed E-state index contributed by atoms with van der Waals surface area (Å²) in [5.41, 5.74) is 2.19. The lowest BCUT2D eigenvalue weighted by atomic mass is 10.1. The summed E-state index contributed by atoms with van der Waals surface area (Å²) < 4.78 is 33.2. The van der Waals surface area contributed by atoms with E-state index in [0.29, 0.717) is 18.9 Å². The molecule has 192 valence electrons. The monoisotopic (exact) mass is 536 g/mol. The van der Waals surface area contributed by atoms with Gasteiger partial charge in [0.15, 0.2) is 0 Å². The van der Waals surface area contributed by atoms with Gasteiger partial charge in [0.05, 0.1) is 11.3 Å². The smallest absolute Gasteiger partial charge is 0.322 e. The molecule has 0 atom stereocenters. The fraction of sp³-hybridized carbons (Fsp3) is 0.222. The molecule has 4 rings (SSSR count). The van der Waals surface area contributed by atoms with Crippen molar-refractivity contribution < 1.29 is 17.6 Å². The molecular weight excluding hydrogens is 508 g/mol. The lowest BCUT2D eigenvalue weighted by Gasteiger charge is -2.20. The Morgan fingerprint density at radius 3 is 2.27 bits per heavy atom. The highest BCUT2D eigenvalue weighted by Gasteiger charge is 2.23. The number of benzene rings is 3. The molecule has 8 nitrogen and oxygen atoms in total. The number of hydrogen-bond acceptors (Lipinski definition) is 7. The second-order valence-electron chi connectivity index (χ2n) is 8.15. The van der Waals surface area contributed by atoms with Crippen molar-refractivity contribution in [3.05, 3.63) is 101 Å². The van der Waals surface area contributed by atoms with E-state index in [1.54, 1.807) is 18.7 Å². The van der Waals surface area contributed by atoms with Crippen molar-refractivity contribution in [3.63, 3.8) is 0 Å². The summed E-state index contributed by atoms with van der Waals surface area (Å²) in [5.74, 6) is 0.915. The van der Waals surface area contributed by atoms with Crippen LogP contribution in [0, 0.1) is 0 Å². The SMILES string of the molecule is CCSc1ccc(Cc2nnc(NC(=O)c3ccc(S(=O)(=O)N(CC)Cc4ccccc4)cc3)o2)cc1. The van der Waals surface area contributed by atoms with Crippen LogP contribution in [0.4, 0.5) is 6.01 Å². The van der Waals surface area contributed by atoms with Gasteiger partial charge in [-0.25, -0.2) is 8.42 Å². The summed E-state index contributed by atoms with van der Waals surface area (Å²) in [5, 5.41) is 10.5. The van der Waals surface area contributed by atoms with Crippen LogP contribution in [0.1, 0.15) is 41.2 Å². The molecule has 0 radical (unpaired) electrons. The molecule has 0 fully saturated rings. The van der Waals surface area contributed by atoms with Crippen LogP contribution in [0.5, 0.6) is 0 Å². The number of hydrogen-bond donors (Lipinski definition) is 1. The molecule has 0 aliphatic carbocycles. The van der Waals surface area contributed by atoms with Crippen LogP contribution in [0.3, 0.4) is 0 Å². The zero-order valence-electron chi connectivity index (χ0n) is 20.6. The van der Waals surface area contributed by atoms with Gasteiger partial charge in [0.2, 0.25) is 15.9 Å². The summed E-state index contributed by atoms with van der Waals surface area (Å²) >= 11 is 1.77. The summed E-state index contributed by atoms with van der Waals surface area (Å²) in [6.07, 6.45) is 0.448. The predicted molar refractivity (Wildman–Crippen MR) is 144 cm³/mol. The van der Waals surface area contributed by atoms with E-state index in [1.807, 2.05) is 54.6 Å². The first kappa shape index (κ1) is 26.6. The Bertz CT molecular complexity index is 1420. The van der Waals surface area contributed by atoms with E-state index < -0.39 is 15.9 Å². The Kier molecular flexibility index (Phi) is 8.75. The third-order valence-electron chi connectivity index (χ3n) is 5.59. The van der Waals surface area contributed by atoms with Crippen LogP contribution >= 0.6 is 11.8 Å². The quantitative estimate of drug-likeness (QED) is 0.262. The topological polar surface area (TPSA) is 105 Å². The molecule has 0 saturated heterocycles. The zero-order chi connectivity index (χ0) is 26.3. The minimum atomic E-state index is -3.72. The molecule has 1 aromatic heterocycles. The highest BCUT2D eigenvalue weighted by atomic mass is 32.2. The van der Waals surface area contributed by atoms with Gasteiger partial charge in [0, 0.05) is 23.5 Å². The fourth-order valence-corrected chi connectivity index (χ4v) is 5.77. The number of aromatic nitrogens is 2. The standard InChI is InChI=1S/C27H28N4O4S2/c1-3-31(19-21-8-6-5-7-9-21)37(33,34)24-16-12-22(13-17-24)26(32)28-27-30-29-25(35-27)18-20-10-14-23(15-11-20)36-4-2/h5-17H,3-4,18-19H2,1-2H3,(H,28,30,32). The van der Waals surface area contributed by atoms with E-state index in [2.05, 4.69) is 22.4 Å². The largest absolute Gasteiger partial charge is 0.407 e. The number of carbonyl (C=O) groups excluding carboxylic acids is 1. The number of thioether (sulfide) groups is 1.